The fraction of sp³-hybridized carbons (Fsp3) is 0.625. The van der Waals surface area contributed by atoms with Crippen LogP contribution in [-0.2, 0) is 6.54 Å². The first-order chi connectivity index (χ1) is 21.6. The summed E-state index contributed by atoms with van der Waals surface area (Å²) in [6, 6.07) is 14.8. The van der Waals surface area contributed by atoms with Crippen LogP contribution in [0.15, 0.2) is 42.5 Å². The molecule has 4 saturated heterocycles. The molecule has 2 aromatic carbocycles. The van der Waals surface area contributed by atoms with Gasteiger partial charge in [-0.15, -0.1) is 0 Å². The van der Waals surface area contributed by atoms with Gasteiger partial charge in [0.1, 0.15) is 5.75 Å². The summed E-state index contributed by atoms with van der Waals surface area (Å²) in [5.41, 5.74) is 2.47. The van der Waals surface area contributed by atoms with Gasteiger partial charge in [-0.05, 0) is 42.0 Å². The molecular formula is C32H47N8O4. The van der Waals surface area contributed by atoms with Gasteiger partial charge in [0.05, 0.1) is 26.4 Å². The Morgan fingerprint density at radius 3 is 2.55 bits per heavy atom. The van der Waals surface area contributed by atoms with Crippen LogP contribution in [0.2, 0.25) is 0 Å². The average molecular weight is 608 g/mol. The topological polar surface area (TPSA) is 93.5 Å². The number of nitrogens with one attached hydrogen (secondary N) is 1. The molecule has 0 saturated carbocycles. The molecular weight excluding hydrogens is 560 g/mol. The third-order valence-electron chi connectivity index (χ3n) is 9.92. The molecule has 12 nitrogen and oxygen atoms in total. The minimum absolute atomic E-state index is 0.192. The smallest absolute Gasteiger partial charge is 0.231 e. The van der Waals surface area contributed by atoms with E-state index in [2.05, 4.69) is 71.1 Å². The number of β-amino-alcohol motifs (C(OH)–C–C–N with tert-alkyl or cyclic N) is 1. The van der Waals surface area contributed by atoms with Crippen molar-refractivity contribution in [3.8, 4) is 17.2 Å². The Morgan fingerprint density at radius 1 is 0.955 bits per heavy atom. The number of rotatable bonds is 9. The number of aliphatic hydroxyl groups excluding tert-OH is 1. The van der Waals surface area contributed by atoms with Crippen molar-refractivity contribution in [2.75, 3.05) is 117 Å². The molecule has 2 N–H and O–H groups in total. The Hall–Kier alpha value is -2.68. The molecule has 0 amide bonds. The van der Waals surface area contributed by atoms with E-state index in [4.69, 9.17) is 19.5 Å². The number of benzene rings is 2. The Balaban J connectivity index is 1.14. The molecule has 5 aliphatic heterocycles. The fourth-order valence-corrected chi connectivity index (χ4v) is 7.55. The summed E-state index contributed by atoms with van der Waals surface area (Å²) in [6.45, 7) is 14.1. The summed E-state index contributed by atoms with van der Waals surface area (Å²) < 4.78 is 16.6. The number of piperazine rings is 3. The highest BCUT2D eigenvalue weighted by molar-refractivity contribution is 5.50. The van der Waals surface area contributed by atoms with Crippen LogP contribution < -0.4 is 29.7 Å². The van der Waals surface area contributed by atoms with Crippen molar-refractivity contribution in [2.24, 2.45) is 0 Å². The zero-order valence-corrected chi connectivity index (χ0v) is 25.9. The highest BCUT2D eigenvalue weighted by Gasteiger charge is 2.52. The van der Waals surface area contributed by atoms with Gasteiger partial charge in [-0.1, -0.05) is 6.07 Å². The van der Waals surface area contributed by atoms with E-state index < -0.39 is 5.79 Å². The maximum absolute atomic E-state index is 9.77. The third-order valence-corrected chi connectivity index (χ3v) is 9.92. The molecule has 0 spiro atoms. The molecule has 2 aromatic rings. The lowest BCUT2D eigenvalue weighted by molar-refractivity contribution is -0.170. The van der Waals surface area contributed by atoms with Gasteiger partial charge in [0.25, 0.3) is 0 Å². The first-order valence-electron chi connectivity index (χ1n) is 16.1. The zero-order chi connectivity index (χ0) is 29.9. The molecule has 2 atom stereocenters. The molecule has 12 heteroatoms. The monoisotopic (exact) mass is 607 g/mol. The van der Waals surface area contributed by atoms with E-state index in [0.717, 1.165) is 109 Å². The molecule has 5 aliphatic rings. The molecule has 0 aliphatic carbocycles. The van der Waals surface area contributed by atoms with Crippen LogP contribution in [0.3, 0.4) is 0 Å². The molecule has 4 fully saturated rings. The van der Waals surface area contributed by atoms with Crippen molar-refractivity contribution in [2.45, 2.75) is 18.5 Å². The SMILES string of the molecule is COc1ccc(N2CC[N]C(N3CCN(Cc4ccc5c(c4)OCO5)CC3)(N3CCN(CCO)CC3N3CCNC3)C2)cc1. The van der Waals surface area contributed by atoms with Crippen molar-refractivity contribution in [3.05, 3.63) is 48.0 Å². The summed E-state index contributed by atoms with van der Waals surface area (Å²) in [6.07, 6.45) is 0.219. The van der Waals surface area contributed by atoms with Gasteiger partial charge in [0, 0.05) is 97.4 Å². The van der Waals surface area contributed by atoms with Crippen LogP contribution in [0.25, 0.3) is 0 Å². The van der Waals surface area contributed by atoms with Gasteiger partial charge >= 0.3 is 0 Å². The Morgan fingerprint density at radius 2 is 1.77 bits per heavy atom. The number of methoxy groups -OCH3 is 1. The van der Waals surface area contributed by atoms with Gasteiger partial charge in [-0.3, -0.25) is 24.5 Å². The van der Waals surface area contributed by atoms with E-state index >= 15 is 0 Å². The van der Waals surface area contributed by atoms with E-state index in [1.165, 1.54) is 11.3 Å². The van der Waals surface area contributed by atoms with E-state index in [9.17, 15) is 5.11 Å². The summed E-state index contributed by atoms with van der Waals surface area (Å²) in [7, 11) is 1.72. The molecule has 44 heavy (non-hydrogen) atoms. The first-order valence-corrected chi connectivity index (χ1v) is 16.1. The predicted molar refractivity (Wildman–Crippen MR) is 168 cm³/mol. The first kappa shape index (κ1) is 30.0. The molecule has 7 rings (SSSR count). The summed E-state index contributed by atoms with van der Waals surface area (Å²) >= 11 is 0. The Labute approximate surface area is 261 Å². The van der Waals surface area contributed by atoms with Crippen LogP contribution >= 0.6 is 0 Å². The highest BCUT2D eigenvalue weighted by Crippen LogP contribution is 2.35. The molecule has 0 bridgehead atoms. The van der Waals surface area contributed by atoms with Crippen LogP contribution in [0.4, 0.5) is 5.69 Å². The van der Waals surface area contributed by atoms with Crippen molar-refractivity contribution >= 4 is 5.69 Å². The summed E-state index contributed by atoms with van der Waals surface area (Å²) in [4.78, 5) is 15.4. The lowest BCUT2D eigenvalue weighted by Gasteiger charge is -2.60. The standard InChI is InChI=1S/C32H47N8O4/c1-42-28-5-3-27(4-6-28)37-11-9-34-32(23-37,40-17-14-36(18-19-41)22-31(40)38-10-8-33-24-38)39-15-12-35(13-16-39)21-26-2-7-29-30(20-26)44-25-43-29/h2-7,20,31,33,41H,8-19,21-25H2,1H3. The van der Waals surface area contributed by atoms with Crippen molar-refractivity contribution in [1.82, 2.24) is 35.1 Å². The zero-order valence-electron chi connectivity index (χ0n) is 25.9. The maximum Gasteiger partial charge on any atom is 0.231 e. The minimum atomic E-state index is -0.443. The number of fused-ring (bicyclic) bond motifs is 1. The predicted octanol–water partition coefficient (Wildman–Crippen LogP) is 0.119. The second-order valence-corrected chi connectivity index (χ2v) is 12.4. The van der Waals surface area contributed by atoms with E-state index in [-0.39, 0.29) is 12.8 Å². The lowest BCUT2D eigenvalue weighted by Crippen LogP contribution is -2.80. The number of aliphatic hydroxyl groups is 1. The van der Waals surface area contributed by atoms with Crippen LogP contribution in [-0.4, -0.2) is 154 Å². The molecule has 239 valence electrons. The fourth-order valence-electron chi connectivity index (χ4n) is 7.55. The largest absolute Gasteiger partial charge is 0.497 e. The number of nitrogens with zero attached hydrogens (tertiary/aromatic N) is 7. The number of hydrogen-bond acceptors (Lipinski definition) is 11. The third kappa shape index (κ3) is 6.10. The van der Waals surface area contributed by atoms with E-state index in [0.29, 0.717) is 13.3 Å². The van der Waals surface area contributed by atoms with Crippen molar-refractivity contribution in [1.29, 1.82) is 0 Å². The van der Waals surface area contributed by atoms with Gasteiger partial charge in [0.2, 0.25) is 6.79 Å². The van der Waals surface area contributed by atoms with Crippen LogP contribution in [0.1, 0.15) is 5.56 Å². The van der Waals surface area contributed by atoms with E-state index in [1.54, 1.807) is 7.11 Å². The van der Waals surface area contributed by atoms with E-state index in [1.807, 2.05) is 6.07 Å². The van der Waals surface area contributed by atoms with Crippen LogP contribution in [0.5, 0.6) is 17.2 Å². The molecule has 5 heterocycles. The summed E-state index contributed by atoms with van der Waals surface area (Å²) in [5.74, 6) is 2.12. The quantitative estimate of drug-likeness (QED) is 0.407. The Bertz CT molecular complexity index is 1240. The van der Waals surface area contributed by atoms with Gasteiger partial charge in [0.15, 0.2) is 17.3 Å². The van der Waals surface area contributed by atoms with Gasteiger partial charge in [-0.2, -0.15) is 0 Å². The highest BCUT2D eigenvalue weighted by atomic mass is 16.7. The molecule has 2 unspecified atom stereocenters. The number of anilines is 1. The molecule has 1 radical (unpaired) electrons. The van der Waals surface area contributed by atoms with Crippen molar-refractivity contribution < 1.29 is 19.3 Å². The lowest BCUT2D eigenvalue weighted by atomic mass is 10.0. The second-order valence-electron chi connectivity index (χ2n) is 12.4. The Kier molecular flexibility index (Phi) is 9.11. The normalized spacial score (nSPS) is 27.7. The number of ether oxygens (including phenoxy) is 3. The van der Waals surface area contributed by atoms with Crippen molar-refractivity contribution in [3.63, 3.8) is 0 Å². The number of hydrogen-bond donors (Lipinski definition) is 2. The van der Waals surface area contributed by atoms with Crippen LogP contribution in [0, 0.1) is 0 Å². The maximum atomic E-state index is 9.77. The second kappa shape index (κ2) is 13.4. The summed E-state index contributed by atoms with van der Waals surface area (Å²) in [5, 5.41) is 18.9. The van der Waals surface area contributed by atoms with Gasteiger partial charge < -0.3 is 29.5 Å². The molecule has 0 aromatic heterocycles. The van der Waals surface area contributed by atoms with Gasteiger partial charge in [-0.25, -0.2) is 5.32 Å². The average Bonchev–Trinajstić information content (AvgIpc) is 3.78. The minimum Gasteiger partial charge on any atom is -0.497 e.